The van der Waals surface area contributed by atoms with Gasteiger partial charge in [-0.25, -0.2) is 15.0 Å². The van der Waals surface area contributed by atoms with Crippen molar-refractivity contribution in [1.29, 1.82) is 0 Å². The lowest BCUT2D eigenvalue weighted by Crippen LogP contribution is -2.17. The highest BCUT2D eigenvalue weighted by atomic mass is 14.9. The first kappa shape index (κ1) is 27.4. The Labute approximate surface area is 274 Å². The van der Waals surface area contributed by atoms with Crippen LogP contribution in [0.4, 0.5) is 0 Å². The van der Waals surface area contributed by atoms with E-state index in [1.54, 1.807) is 0 Å². The fraction of sp³-hybridized carbons (Fsp3) is 0.0682. The maximum Gasteiger partial charge on any atom is 0.160 e. The minimum atomic E-state index is -0.217. The second kappa shape index (κ2) is 10.6. The van der Waals surface area contributed by atoms with E-state index in [9.17, 15) is 0 Å². The van der Waals surface area contributed by atoms with Gasteiger partial charge in [0.2, 0.25) is 0 Å². The minimum absolute atomic E-state index is 0.217. The second-order valence-electron chi connectivity index (χ2n) is 12.8. The summed E-state index contributed by atoms with van der Waals surface area (Å²) in [6.07, 6.45) is 2.03. The molecule has 0 radical (unpaired) electrons. The fourth-order valence-corrected chi connectivity index (χ4v) is 7.42. The summed E-state index contributed by atoms with van der Waals surface area (Å²) in [7, 11) is 0. The van der Waals surface area contributed by atoms with E-state index < -0.39 is 0 Å². The lowest BCUT2D eigenvalue weighted by molar-refractivity contribution is 0.636. The van der Waals surface area contributed by atoms with E-state index in [-0.39, 0.29) is 5.41 Å². The van der Waals surface area contributed by atoms with Gasteiger partial charge < -0.3 is 0 Å². The number of nitrogens with zero attached hydrogens (tertiary/aromatic N) is 3. The van der Waals surface area contributed by atoms with Crippen LogP contribution < -0.4 is 0 Å². The van der Waals surface area contributed by atoms with Gasteiger partial charge in [0.25, 0.3) is 0 Å². The molecule has 0 fully saturated rings. The van der Waals surface area contributed by atoms with E-state index in [1.165, 1.54) is 11.1 Å². The highest BCUT2D eigenvalue weighted by Gasteiger charge is 2.37. The number of hydrogen-bond donors (Lipinski definition) is 0. The van der Waals surface area contributed by atoms with Gasteiger partial charge in [0, 0.05) is 33.9 Å². The first-order valence-corrected chi connectivity index (χ1v) is 16.1. The number of fused-ring (bicyclic) bond motifs is 5. The molecule has 1 aliphatic rings. The van der Waals surface area contributed by atoms with Crippen molar-refractivity contribution in [3.63, 3.8) is 0 Å². The van der Waals surface area contributed by atoms with Crippen molar-refractivity contribution < 1.29 is 0 Å². The molecule has 3 heteroatoms. The molecule has 47 heavy (non-hydrogen) atoms. The van der Waals surface area contributed by atoms with Crippen LogP contribution in [0.5, 0.6) is 0 Å². The molecule has 9 rings (SSSR count). The van der Waals surface area contributed by atoms with Crippen molar-refractivity contribution in [2.45, 2.75) is 19.3 Å². The smallest absolute Gasteiger partial charge is 0.160 e. The van der Waals surface area contributed by atoms with Crippen LogP contribution >= 0.6 is 0 Å². The van der Waals surface area contributed by atoms with Gasteiger partial charge in [0.15, 0.2) is 5.82 Å². The van der Waals surface area contributed by atoms with Gasteiger partial charge in [-0.05, 0) is 55.9 Å². The molecule has 0 saturated carbocycles. The number of rotatable bonds is 4. The van der Waals surface area contributed by atoms with Gasteiger partial charge in [0.1, 0.15) is 0 Å². The van der Waals surface area contributed by atoms with Crippen molar-refractivity contribution in [2.75, 3.05) is 0 Å². The molecule has 0 bridgehead atoms. The maximum absolute atomic E-state index is 5.37. The van der Waals surface area contributed by atoms with Crippen LogP contribution in [0.1, 0.15) is 25.1 Å². The summed E-state index contributed by atoms with van der Waals surface area (Å²) in [5.41, 5.74) is 11.9. The zero-order chi connectivity index (χ0) is 31.5. The average Bonchev–Trinajstić information content (AvgIpc) is 3.36. The molecule has 0 atom stereocenters. The lowest BCUT2D eigenvalue weighted by Gasteiger charge is -2.21. The number of hydrogen-bond acceptors (Lipinski definition) is 3. The number of aromatic nitrogens is 3. The van der Waals surface area contributed by atoms with Crippen molar-refractivity contribution >= 4 is 21.5 Å². The quantitative estimate of drug-likeness (QED) is 0.188. The maximum atomic E-state index is 5.37. The second-order valence-corrected chi connectivity index (χ2v) is 12.8. The van der Waals surface area contributed by atoms with E-state index in [0.717, 1.165) is 77.8 Å². The predicted molar refractivity (Wildman–Crippen MR) is 194 cm³/mol. The summed E-state index contributed by atoms with van der Waals surface area (Å²) >= 11 is 0. The number of benzene rings is 6. The largest absolute Gasteiger partial charge is 0.248 e. The average molecular weight is 602 g/mol. The Bertz CT molecular complexity index is 2370. The first-order valence-electron chi connectivity index (χ1n) is 16.1. The van der Waals surface area contributed by atoms with Gasteiger partial charge in [-0.2, -0.15) is 0 Å². The van der Waals surface area contributed by atoms with Crippen LogP contribution in [0.2, 0.25) is 0 Å². The normalized spacial score (nSPS) is 13.1. The Morgan fingerprint density at radius 3 is 1.64 bits per heavy atom. The Morgan fingerprint density at radius 2 is 0.979 bits per heavy atom. The summed E-state index contributed by atoms with van der Waals surface area (Å²) in [5, 5.41) is 4.49. The monoisotopic (exact) mass is 601 g/mol. The first-order chi connectivity index (χ1) is 23.1. The Morgan fingerprint density at radius 1 is 0.447 bits per heavy atom. The molecule has 0 unspecified atom stereocenters. The minimum Gasteiger partial charge on any atom is -0.248 e. The van der Waals surface area contributed by atoms with Crippen LogP contribution in [0, 0.1) is 0 Å². The Hall–Kier alpha value is -5.93. The molecule has 1 aliphatic carbocycles. The molecule has 0 saturated heterocycles. The molecule has 6 aromatic carbocycles. The van der Waals surface area contributed by atoms with E-state index in [0.29, 0.717) is 0 Å². The third-order valence-electron chi connectivity index (χ3n) is 9.68. The van der Waals surface area contributed by atoms with Crippen LogP contribution in [-0.2, 0) is 5.41 Å². The molecule has 0 spiro atoms. The topological polar surface area (TPSA) is 38.7 Å². The van der Waals surface area contributed by atoms with Crippen molar-refractivity contribution in [2.24, 2.45) is 0 Å². The summed E-state index contributed by atoms with van der Waals surface area (Å²) in [5.74, 6) is 0.750. The summed E-state index contributed by atoms with van der Waals surface area (Å²) in [6, 6.07) is 51.4. The van der Waals surface area contributed by atoms with Crippen molar-refractivity contribution in [3.8, 4) is 56.2 Å². The lowest BCUT2D eigenvalue weighted by atomic mass is 9.85. The third-order valence-corrected chi connectivity index (χ3v) is 9.68. The van der Waals surface area contributed by atoms with Gasteiger partial charge in [-0.15, -0.1) is 0 Å². The van der Waals surface area contributed by atoms with Crippen LogP contribution in [0.25, 0.3) is 77.7 Å². The van der Waals surface area contributed by atoms with Gasteiger partial charge in [-0.1, -0.05) is 147 Å². The Balaban J connectivity index is 1.33. The highest BCUT2D eigenvalue weighted by Crippen LogP contribution is 2.49. The van der Waals surface area contributed by atoms with E-state index in [1.807, 2.05) is 12.3 Å². The molecule has 0 amide bonds. The molecule has 0 aliphatic heterocycles. The zero-order valence-electron chi connectivity index (χ0n) is 26.3. The van der Waals surface area contributed by atoms with E-state index in [2.05, 4.69) is 153 Å². The van der Waals surface area contributed by atoms with Gasteiger partial charge in [0.05, 0.1) is 17.1 Å². The third kappa shape index (κ3) is 4.31. The summed E-state index contributed by atoms with van der Waals surface area (Å²) < 4.78 is 0. The summed E-state index contributed by atoms with van der Waals surface area (Å²) in [6.45, 7) is 4.53. The van der Waals surface area contributed by atoms with E-state index in [4.69, 9.17) is 15.0 Å². The molecular formula is C44H31N3. The molecule has 0 N–H and O–H groups in total. The zero-order valence-corrected chi connectivity index (χ0v) is 26.3. The predicted octanol–water partition coefficient (Wildman–Crippen LogP) is 11.2. The molecule has 3 nitrogen and oxygen atoms in total. The van der Waals surface area contributed by atoms with Crippen LogP contribution in [-0.4, -0.2) is 15.0 Å². The van der Waals surface area contributed by atoms with Crippen LogP contribution in [0.3, 0.4) is 0 Å². The van der Waals surface area contributed by atoms with E-state index >= 15 is 0 Å². The van der Waals surface area contributed by atoms with Crippen molar-refractivity contribution in [3.05, 3.63) is 163 Å². The molecule has 2 aromatic heterocycles. The molecule has 222 valence electrons. The fourth-order valence-electron chi connectivity index (χ4n) is 7.42. The highest BCUT2D eigenvalue weighted by molar-refractivity contribution is 6.20. The number of pyridine rings is 1. The molecule has 8 aromatic rings. The molecular weight excluding hydrogens is 571 g/mol. The Kier molecular flexibility index (Phi) is 6.16. The SMILES string of the molecule is CC1(C)c2ccccc2-c2cnc(-c3c4ccccc4c(-c4cc(-c5ccccc5)cc(-c5ccccc5)n4)c4ccccc34)nc21. The van der Waals surface area contributed by atoms with Gasteiger partial charge in [-0.3, -0.25) is 0 Å². The van der Waals surface area contributed by atoms with Gasteiger partial charge >= 0.3 is 0 Å². The van der Waals surface area contributed by atoms with Crippen LogP contribution in [0.15, 0.2) is 152 Å². The van der Waals surface area contributed by atoms with Crippen molar-refractivity contribution in [1.82, 2.24) is 15.0 Å². The summed E-state index contributed by atoms with van der Waals surface area (Å²) in [4.78, 5) is 15.8. The standard InChI is InChI=1S/C44H31N3/c1-44(2)37-24-14-13-19-31(37)36-27-45-43(47-42(36)44)41-34-22-11-9-20-32(34)40(33-21-10-12-23-35(33)41)39-26-30(28-15-5-3-6-16-28)25-38(46-39)29-17-7-4-8-18-29/h3-27H,1-2H3. The molecule has 2 heterocycles.